The summed E-state index contributed by atoms with van der Waals surface area (Å²) >= 11 is 0. The van der Waals surface area contributed by atoms with E-state index in [1.807, 2.05) is 6.07 Å². The highest BCUT2D eigenvalue weighted by Crippen LogP contribution is 2.47. The van der Waals surface area contributed by atoms with Gasteiger partial charge in [0.15, 0.2) is 0 Å². The summed E-state index contributed by atoms with van der Waals surface area (Å²) in [5.74, 6) is 2.66. The Morgan fingerprint density at radius 2 is 1.43 bits per heavy atom. The van der Waals surface area contributed by atoms with Crippen molar-refractivity contribution in [3.63, 3.8) is 0 Å². The maximum Gasteiger partial charge on any atom is 0.123 e. The molecule has 0 bridgehead atoms. The monoisotopic (exact) mass is 461 g/mol. The van der Waals surface area contributed by atoms with Crippen LogP contribution in [-0.2, 0) is 13.0 Å². The summed E-state index contributed by atoms with van der Waals surface area (Å²) in [5, 5.41) is 3.27. The van der Waals surface area contributed by atoms with Crippen molar-refractivity contribution < 1.29 is 9.47 Å². The first kappa shape index (κ1) is 21.9. The van der Waals surface area contributed by atoms with Crippen LogP contribution >= 0.6 is 0 Å². The zero-order valence-corrected chi connectivity index (χ0v) is 19.9. The van der Waals surface area contributed by atoms with Crippen LogP contribution in [0.1, 0.15) is 46.1 Å². The number of aryl methyl sites for hydroxylation is 1. The molecule has 6 rings (SSSR count). The number of hydrogen-bond acceptors (Lipinski definition) is 3. The average molecular weight is 462 g/mol. The van der Waals surface area contributed by atoms with Crippen molar-refractivity contribution in [1.29, 1.82) is 0 Å². The highest BCUT2D eigenvalue weighted by atomic mass is 16.5. The van der Waals surface area contributed by atoms with Gasteiger partial charge in [-0.2, -0.15) is 0 Å². The van der Waals surface area contributed by atoms with Gasteiger partial charge in [0, 0.05) is 19.0 Å². The van der Waals surface area contributed by atoms with Crippen molar-refractivity contribution in [3.05, 3.63) is 131 Å². The molecule has 0 amide bonds. The van der Waals surface area contributed by atoms with E-state index in [2.05, 4.69) is 102 Å². The van der Waals surface area contributed by atoms with E-state index in [1.54, 1.807) is 0 Å². The fraction of sp³-hybridized carbons (Fsp3) is 0.250. The SMILES string of the molecule is c1ccc(COc2ccc3c(c2)CCC(c2ccccc2)C3c2ccc(OC3CNC3)cc2)cc1. The molecule has 1 fully saturated rings. The molecule has 0 aromatic heterocycles. The Kier molecular flexibility index (Phi) is 6.25. The molecule has 4 aromatic carbocycles. The van der Waals surface area contributed by atoms with Crippen LogP contribution in [0.25, 0.3) is 0 Å². The van der Waals surface area contributed by atoms with Gasteiger partial charge in [-0.1, -0.05) is 78.9 Å². The molecule has 1 aliphatic heterocycles. The lowest BCUT2D eigenvalue weighted by Crippen LogP contribution is -2.50. The van der Waals surface area contributed by atoms with Gasteiger partial charge < -0.3 is 14.8 Å². The van der Waals surface area contributed by atoms with E-state index < -0.39 is 0 Å². The minimum Gasteiger partial charge on any atom is -0.489 e. The van der Waals surface area contributed by atoms with Crippen molar-refractivity contribution in [2.75, 3.05) is 13.1 Å². The number of fused-ring (bicyclic) bond motifs is 1. The summed E-state index contributed by atoms with van der Waals surface area (Å²) in [6.45, 7) is 2.46. The molecule has 2 aliphatic rings. The Labute approximate surface area is 207 Å². The Bertz CT molecular complexity index is 1250. The number of nitrogens with one attached hydrogen (secondary N) is 1. The molecule has 1 heterocycles. The van der Waals surface area contributed by atoms with E-state index >= 15 is 0 Å². The van der Waals surface area contributed by atoms with Crippen molar-refractivity contribution >= 4 is 0 Å². The fourth-order valence-corrected chi connectivity index (χ4v) is 5.39. The molecule has 3 heteroatoms. The molecule has 4 aromatic rings. The third-order valence-corrected chi connectivity index (χ3v) is 7.34. The third kappa shape index (κ3) is 4.82. The topological polar surface area (TPSA) is 30.5 Å². The number of benzene rings is 4. The summed E-state index contributed by atoms with van der Waals surface area (Å²) in [4.78, 5) is 0. The van der Waals surface area contributed by atoms with Crippen LogP contribution in [0.4, 0.5) is 0 Å². The molecule has 0 saturated carbocycles. The van der Waals surface area contributed by atoms with Gasteiger partial charge in [0.2, 0.25) is 0 Å². The lowest BCUT2D eigenvalue weighted by atomic mass is 9.69. The zero-order valence-electron chi connectivity index (χ0n) is 19.9. The number of rotatable bonds is 7. The first-order valence-corrected chi connectivity index (χ1v) is 12.7. The van der Waals surface area contributed by atoms with E-state index in [4.69, 9.17) is 9.47 Å². The standard InChI is InChI=1S/C32H31NO2/c1-3-7-23(8-4-1)22-34-28-16-18-31-26(19-28)13-17-30(24-9-5-2-6-10-24)32(31)25-11-14-27(15-12-25)35-29-20-33-21-29/h1-12,14-16,18-19,29-30,32-33H,13,17,20-22H2. The normalized spacial score (nSPS) is 19.4. The largest absolute Gasteiger partial charge is 0.489 e. The van der Waals surface area contributed by atoms with Gasteiger partial charge in [-0.05, 0) is 70.8 Å². The molecular weight excluding hydrogens is 430 g/mol. The second-order valence-electron chi connectivity index (χ2n) is 9.64. The van der Waals surface area contributed by atoms with Gasteiger partial charge in [-0.3, -0.25) is 0 Å². The van der Waals surface area contributed by atoms with Gasteiger partial charge >= 0.3 is 0 Å². The Morgan fingerprint density at radius 1 is 0.714 bits per heavy atom. The molecule has 0 radical (unpaired) electrons. The van der Waals surface area contributed by atoms with Crippen LogP contribution < -0.4 is 14.8 Å². The molecule has 2 unspecified atom stereocenters. The average Bonchev–Trinajstić information content (AvgIpc) is 2.90. The molecule has 1 saturated heterocycles. The minimum absolute atomic E-state index is 0.294. The number of ether oxygens (including phenoxy) is 2. The van der Waals surface area contributed by atoms with Crippen LogP contribution in [0.2, 0.25) is 0 Å². The van der Waals surface area contributed by atoms with Crippen molar-refractivity contribution in [3.8, 4) is 11.5 Å². The zero-order chi connectivity index (χ0) is 23.5. The van der Waals surface area contributed by atoms with Crippen molar-refractivity contribution in [2.24, 2.45) is 0 Å². The van der Waals surface area contributed by atoms with E-state index in [9.17, 15) is 0 Å². The fourth-order valence-electron chi connectivity index (χ4n) is 5.39. The van der Waals surface area contributed by atoms with Crippen LogP contribution in [0.15, 0.2) is 103 Å². The molecule has 3 nitrogen and oxygen atoms in total. The van der Waals surface area contributed by atoms with Gasteiger partial charge in [0.1, 0.15) is 24.2 Å². The lowest BCUT2D eigenvalue weighted by molar-refractivity contribution is 0.142. The molecule has 0 spiro atoms. The maximum atomic E-state index is 6.16. The van der Waals surface area contributed by atoms with E-state index in [0.717, 1.165) is 37.4 Å². The molecule has 1 N–H and O–H groups in total. The summed E-state index contributed by atoms with van der Waals surface area (Å²) in [5.41, 5.74) is 6.75. The van der Waals surface area contributed by atoms with Crippen LogP contribution in [0.5, 0.6) is 11.5 Å². The molecule has 35 heavy (non-hydrogen) atoms. The van der Waals surface area contributed by atoms with Crippen molar-refractivity contribution in [2.45, 2.75) is 37.4 Å². The molecule has 2 atom stereocenters. The van der Waals surface area contributed by atoms with Gasteiger partial charge in [-0.15, -0.1) is 0 Å². The predicted molar refractivity (Wildman–Crippen MR) is 140 cm³/mol. The second-order valence-corrected chi connectivity index (χ2v) is 9.64. The first-order chi connectivity index (χ1) is 17.3. The molecule has 176 valence electrons. The van der Waals surface area contributed by atoms with Crippen LogP contribution in [-0.4, -0.2) is 19.2 Å². The van der Waals surface area contributed by atoms with Gasteiger partial charge in [0.25, 0.3) is 0 Å². The first-order valence-electron chi connectivity index (χ1n) is 12.7. The third-order valence-electron chi connectivity index (χ3n) is 7.34. The Morgan fingerprint density at radius 3 is 2.14 bits per heavy atom. The summed E-state index contributed by atoms with van der Waals surface area (Å²) in [6.07, 6.45) is 2.47. The highest BCUT2D eigenvalue weighted by Gasteiger charge is 2.32. The van der Waals surface area contributed by atoms with Crippen LogP contribution in [0, 0.1) is 0 Å². The molecule has 1 aliphatic carbocycles. The van der Waals surface area contributed by atoms with E-state index in [0.29, 0.717) is 24.5 Å². The smallest absolute Gasteiger partial charge is 0.123 e. The van der Waals surface area contributed by atoms with Gasteiger partial charge in [-0.25, -0.2) is 0 Å². The summed E-state index contributed by atoms with van der Waals surface area (Å²) in [6, 6.07) is 36.8. The Hall–Kier alpha value is -3.56. The number of hydrogen-bond donors (Lipinski definition) is 1. The summed E-state index contributed by atoms with van der Waals surface area (Å²) < 4.78 is 12.2. The summed E-state index contributed by atoms with van der Waals surface area (Å²) in [7, 11) is 0. The lowest BCUT2D eigenvalue weighted by Gasteiger charge is -2.35. The maximum absolute atomic E-state index is 6.16. The van der Waals surface area contributed by atoms with Gasteiger partial charge in [0.05, 0.1) is 0 Å². The highest BCUT2D eigenvalue weighted by molar-refractivity contribution is 5.48. The van der Waals surface area contributed by atoms with E-state index in [1.165, 1.54) is 27.8 Å². The van der Waals surface area contributed by atoms with Crippen LogP contribution in [0.3, 0.4) is 0 Å². The van der Waals surface area contributed by atoms with Crippen molar-refractivity contribution in [1.82, 2.24) is 5.32 Å². The predicted octanol–water partition coefficient (Wildman–Crippen LogP) is 6.48. The van der Waals surface area contributed by atoms with E-state index in [-0.39, 0.29) is 0 Å². The Balaban J connectivity index is 1.29. The quantitative estimate of drug-likeness (QED) is 0.342. The molecular formula is C32H31NO2. The second kappa shape index (κ2) is 9.97. The minimum atomic E-state index is 0.294.